The summed E-state index contributed by atoms with van der Waals surface area (Å²) in [5.41, 5.74) is 1.83. The molecule has 0 radical (unpaired) electrons. The number of carbonyl (C=O) groups is 2. The third-order valence-corrected chi connectivity index (χ3v) is 6.28. The Bertz CT molecular complexity index is 826. The zero-order valence-corrected chi connectivity index (χ0v) is 21.2. The van der Waals surface area contributed by atoms with Gasteiger partial charge < -0.3 is 33.2 Å². The molecule has 1 fully saturated rings. The molecule has 1 aromatic carbocycles. The van der Waals surface area contributed by atoms with Crippen molar-refractivity contribution in [3.05, 3.63) is 48.7 Å². The van der Waals surface area contributed by atoms with Crippen LogP contribution in [-0.2, 0) is 16.1 Å². The van der Waals surface area contributed by atoms with E-state index in [-0.39, 0.29) is 41.7 Å². The van der Waals surface area contributed by atoms with Crippen LogP contribution >= 0.6 is 0 Å². The van der Waals surface area contributed by atoms with Crippen molar-refractivity contribution in [1.29, 1.82) is 0 Å². The van der Waals surface area contributed by atoms with Gasteiger partial charge in [-0.15, -0.1) is 0 Å². The van der Waals surface area contributed by atoms with Gasteiger partial charge >= 0.3 is 18.9 Å². The molecule has 2 aliphatic rings. The third kappa shape index (κ3) is 7.35. The van der Waals surface area contributed by atoms with Crippen LogP contribution in [0.1, 0.15) is 79.2 Å². The maximum absolute atomic E-state index is 12.9. The summed E-state index contributed by atoms with van der Waals surface area (Å²) in [4.78, 5) is 38.2. The number of nitrogens with zero attached hydrogens (tertiary/aromatic N) is 2. The molecule has 1 saturated carbocycles. The zero-order chi connectivity index (χ0) is 24.1. The second kappa shape index (κ2) is 12.1. The van der Waals surface area contributed by atoms with Crippen LogP contribution in [-0.4, -0.2) is 54.3 Å². The normalized spacial score (nSPS) is 17.3. The predicted octanol–water partition coefficient (Wildman–Crippen LogP) is 1.45. The van der Waals surface area contributed by atoms with Gasteiger partial charge in [0.15, 0.2) is 0 Å². The third-order valence-electron chi connectivity index (χ3n) is 6.28. The number of benzene rings is 1. The van der Waals surface area contributed by atoms with Gasteiger partial charge in [0.05, 0.1) is 5.60 Å². The summed E-state index contributed by atoms with van der Waals surface area (Å²) in [6.07, 6.45) is 5.46. The molecule has 1 heterocycles. The van der Waals surface area contributed by atoms with Gasteiger partial charge in [-0.2, -0.15) is 11.8 Å². The van der Waals surface area contributed by atoms with E-state index in [0.29, 0.717) is 30.1 Å². The summed E-state index contributed by atoms with van der Waals surface area (Å²) in [7, 11) is 3.48. The van der Waals surface area contributed by atoms with Crippen molar-refractivity contribution < 1.29 is 38.0 Å². The first-order valence-electron chi connectivity index (χ1n) is 11.3. The van der Waals surface area contributed by atoms with Gasteiger partial charge in [-0.05, 0) is 38.5 Å². The Morgan fingerprint density at radius 2 is 1.88 bits per heavy atom. The molecule has 1 aliphatic carbocycles. The van der Waals surface area contributed by atoms with Crippen LogP contribution in [0.3, 0.4) is 0 Å². The van der Waals surface area contributed by atoms with Crippen molar-refractivity contribution in [3.8, 4) is 0 Å². The van der Waals surface area contributed by atoms with Crippen LogP contribution in [0.15, 0.2) is 18.2 Å². The average molecular weight is 449 g/mol. The van der Waals surface area contributed by atoms with E-state index in [0.717, 1.165) is 24.8 Å². The Labute approximate surface area is 211 Å². The summed E-state index contributed by atoms with van der Waals surface area (Å²) in [6.45, 7) is 16.5. The van der Waals surface area contributed by atoms with Gasteiger partial charge in [0.1, 0.15) is 0 Å². The predicted molar refractivity (Wildman–Crippen MR) is 125 cm³/mol. The van der Waals surface area contributed by atoms with E-state index in [1.807, 2.05) is 17.0 Å². The van der Waals surface area contributed by atoms with Gasteiger partial charge in [-0.1, -0.05) is 44.1 Å². The number of hydrogen-bond acceptors (Lipinski definition) is 4. The first-order valence-corrected chi connectivity index (χ1v) is 11.3. The van der Waals surface area contributed by atoms with Crippen LogP contribution in [0.4, 0.5) is 0 Å². The van der Waals surface area contributed by atoms with Gasteiger partial charge in [-0.3, -0.25) is 9.59 Å². The molecular formula is C26H37LiN2O4-2. The molecule has 6 nitrogen and oxygen atoms in total. The van der Waals surface area contributed by atoms with Crippen LogP contribution in [0.5, 0.6) is 0 Å². The van der Waals surface area contributed by atoms with E-state index >= 15 is 0 Å². The van der Waals surface area contributed by atoms with Gasteiger partial charge in [0.2, 0.25) is 0 Å². The summed E-state index contributed by atoms with van der Waals surface area (Å²) in [5, 5.41) is 0. The van der Waals surface area contributed by atoms with Gasteiger partial charge in [0, 0.05) is 38.3 Å². The molecular weight excluding hydrogens is 411 g/mol. The summed E-state index contributed by atoms with van der Waals surface area (Å²) in [6, 6.07) is 5.45. The number of rotatable bonds is 6. The first-order chi connectivity index (χ1) is 14.9. The van der Waals surface area contributed by atoms with Crippen LogP contribution in [0.2, 0.25) is 0 Å². The molecule has 33 heavy (non-hydrogen) atoms. The largest absolute Gasteiger partial charge is 1.00 e. The van der Waals surface area contributed by atoms with E-state index in [1.165, 1.54) is 19.3 Å². The van der Waals surface area contributed by atoms with E-state index in [9.17, 15) is 14.4 Å². The molecule has 2 amide bonds. The molecule has 3 rings (SSSR count). The minimum atomic E-state index is -0.373. The van der Waals surface area contributed by atoms with Crippen molar-refractivity contribution >= 4 is 18.3 Å². The quantitative estimate of drug-likeness (QED) is 0.488. The maximum atomic E-state index is 12.9. The molecule has 1 aromatic rings. The summed E-state index contributed by atoms with van der Waals surface area (Å²) in [5.74, 6) is 0.286. The topological polar surface area (TPSA) is 66.9 Å². The first kappa shape index (κ1) is 29.3. The van der Waals surface area contributed by atoms with Crippen molar-refractivity contribution in [1.82, 2.24) is 9.80 Å². The minimum absolute atomic E-state index is 0. The molecule has 0 bridgehead atoms. The van der Waals surface area contributed by atoms with Crippen LogP contribution < -0.4 is 18.9 Å². The van der Waals surface area contributed by atoms with Crippen molar-refractivity contribution in [2.45, 2.75) is 65.0 Å². The Kier molecular flexibility index (Phi) is 10.7. The second-order valence-electron chi connectivity index (χ2n) is 10.1. The molecule has 0 spiro atoms. The van der Waals surface area contributed by atoms with Gasteiger partial charge in [0.25, 0.3) is 11.8 Å². The Balaban J connectivity index is 0.000000595. The molecule has 0 saturated heterocycles. The maximum Gasteiger partial charge on any atom is 1.00 e. The van der Waals surface area contributed by atoms with Crippen LogP contribution in [0, 0.1) is 25.2 Å². The van der Waals surface area contributed by atoms with Crippen molar-refractivity contribution in [2.24, 2.45) is 11.3 Å². The molecule has 1 unspecified atom stereocenters. The van der Waals surface area contributed by atoms with Crippen molar-refractivity contribution in [2.75, 3.05) is 20.6 Å². The van der Waals surface area contributed by atoms with E-state index in [2.05, 4.69) is 18.6 Å². The second-order valence-corrected chi connectivity index (χ2v) is 10.1. The standard InChI is InChI=1S/C21H28N2O2.C5H9O2.Li/c1-5-15(21(2)11-6-7-12-21)13-23-14-18-16(19(24)22(3)4)9-8-10-17(18)20(23)25;1-5(2,3)7-4-6;/h8-10,15H,1-2,5-7,11-14H2,3-4H3;1-3H3;/q-2;-1;+1. The average Bonchev–Trinajstić information content (AvgIpc) is 3.29. The monoisotopic (exact) mass is 448 g/mol. The number of ether oxygens (including phenoxy) is 1. The minimum Gasteiger partial charge on any atom is -0.649 e. The van der Waals surface area contributed by atoms with E-state index in [4.69, 9.17) is 0 Å². The molecule has 1 aliphatic heterocycles. The van der Waals surface area contributed by atoms with E-state index < -0.39 is 0 Å². The number of amides is 2. The fourth-order valence-electron chi connectivity index (χ4n) is 4.45. The molecule has 0 aromatic heterocycles. The smallest absolute Gasteiger partial charge is 0.649 e. The number of hydrogen-bond donors (Lipinski definition) is 0. The summed E-state index contributed by atoms with van der Waals surface area (Å²) >= 11 is 0. The van der Waals surface area contributed by atoms with Crippen molar-refractivity contribution in [3.63, 3.8) is 0 Å². The number of fused-ring (bicyclic) bond motifs is 1. The van der Waals surface area contributed by atoms with Gasteiger partial charge in [-0.25, -0.2) is 0 Å². The molecule has 0 N–H and O–H groups in total. The Morgan fingerprint density at radius 3 is 2.33 bits per heavy atom. The van der Waals surface area contributed by atoms with Crippen LogP contribution in [0.25, 0.3) is 0 Å². The molecule has 7 heteroatoms. The molecule has 178 valence electrons. The fraction of sp³-hybridized carbons (Fsp3) is 0.577. The zero-order valence-electron chi connectivity index (χ0n) is 21.2. The summed E-state index contributed by atoms with van der Waals surface area (Å²) < 4.78 is 4.42. The number of carbonyl (C=O) groups excluding carboxylic acids is 3. The Morgan fingerprint density at radius 1 is 1.27 bits per heavy atom. The molecule has 1 atom stereocenters. The Hall–Kier alpha value is -1.77. The van der Waals surface area contributed by atoms with E-state index in [1.54, 1.807) is 45.8 Å². The fourth-order valence-corrected chi connectivity index (χ4v) is 4.45. The SMILES string of the molecule is CC(C)(C)O[C-]=O.[CH2-]CC(CN1Cc2c(C(=O)N(C)C)cccc2C1=O)C1([CH2-])CCCC1.[Li+].